The van der Waals surface area contributed by atoms with E-state index in [4.69, 9.17) is 15.3 Å². The van der Waals surface area contributed by atoms with Gasteiger partial charge in [0.15, 0.2) is 0 Å². The largest absolute Gasteiger partial charge is 0.481 e. The van der Waals surface area contributed by atoms with Gasteiger partial charge in [-0.25, -0.2) is 0 Å². The van der Waals surface area contributed by atoms with Gasteiger partial charge in [-0.2, -0.15) is 0 Å². The molecule has 0 saturated heterocycles. The SMILES string of the molecule is CCCCCCCCCCCCCCCCCCCCCC(=O)O.O=C(O)CCCC(=O)O. The quantitative estimate of drug-likeness (QED) is 0.122. The Morgan fingerprint density at radius 2 is 0.576 bits per heavy atom. The van der Waals surface area contributed by atoms with E-state index < -0.39 is 17.9 Å². The van der Waals surface area contributed by atoms with E-state index in [0.29, 0.717) is 6.42 Å². The monoisotopic (exact) mass is 472 g/mol. The van der Waals surface area contributed by atoms with Gasteiger partial charge < -0.3 is 15.3 Å². The predicted octanol–water partition coefficient (Wildman–Crippen LogP) is 8.22. The van der Waals surface area contributed by atoms with Crippen molar-refractivity contribution in [3.05, 3.63) is 0 Å². The van der Waals surface area contributed by atoms with Crippen molar-refractivity contribution >= 4 is 17.9 Å². The van der Waals surface area contributed by atoms with Gasteiger partial charge in [0.1, 0.15) is 0 Å². The second-order valence-electron chi connectivity index (χ2n) is 9.15. The van der Waals surface area contributed by atoms with E-state index in [-0.39, 0.29) is 19.3 Å². The Morgan fingerprint density at radius 3 is 0.818 bits per heavy atom. The van der Waals surface area contributed by atoms with Crippen molar-refractivity contribution in [1.82, 2.24) is 0 Å². The van der Waals surface area contributed by atoms with Crippen LogP contribution in [0.3, 0.4) is 0 Å². The maximum absolute atomic E-state index is 10.4. The Bertz CT molecular complexity index is 436. The smallest absolute Gasteiger partial charge is 0.303 e. The first kappa shape index (κ1) is 33.6. The van der Waals surface area contributed by atoms with Gasteiger partial charge in [-0.15, -0.1) is 0 Å². The third kappa shape index (κ3) is 38.0. The van der Waals surface area contributed by atoms with Crippen molar-refractivity contribution in [3.63, 3.8) is 0 Å². The highest BCUT2D eigenvalue weighted by Gasteiger charge is 2.00. The molecule has 0 heterocycles. The molecule has 0 rings (SSSR count). The van der Waals surface area contributed by atoms with Crippen LogP contribution >= 0.6 is 0 Å². The lowest BCUT2D eigenvalue weighted by atomic mass is 10.0. The summed E-state index contributed by atoms with van der Waals surface area (Å²) in [5, 5.41) is 24.6. The molecule has 0 aliphatic carbocycles. The standard InChI is InChI=1S/C22H44O2.C5H8O4/c1-2-3-4-5-6-7-8-9-10-11-12-13-14-15-16-17-18-19-20-21-22(23)24;6-4(7)2-1-3-5(8)9/h2-21H2,1H3,(H,23,24);1-3H2,(H,6,7)(H,8,9). The van der Waals surface area contributed by atoms with Crippen molar-refractivity contribution in [2.45, 2.75) is 155 Å². The van der Waals surface area contributed by atoms with Gasteiger partial charge in [-0.3, -0.25) is 14.4 Å². The highest BCUT2D eigenvalue weighted by molar-refractivity contribution is 5.69. The fourth-order valence-electron chi connectivity index (χ4n) is 3.75. The number of carboxylic acid groups (broad SMARTS) is 3. The summed E-state index contributed by atoms with van der Waals surface area (Å²) in [6, 6.07) is 0. The summed E-state index contributed by atoms with van der Waals surface area (Å²) in [4.78, 5) is 30.0. The van der Waals surface area contributed by atoms with Crippen LogP contribution in [0.2, 0.25) is 0 Å². The average Bonchev–Trinajstić information content (AvgIpc) is 2.75. The van der Waals surface area contributed by atoms with Crippen molar-refractivity contribution in [2.75, 3.05) is 0 Å². The Kier molecular flexibility index (Phi) is 28.9. The second-order valence-corrected chi connectivity index (χ2v) is 9.15. The molecule has 0 bridgehead atoms. The Labute approximate surface area is 202 Å². The molecule has 0 aliphatic heterocycles. The minimum Gasteiger partial charge on any atom is -0.481 e. The molecule has 196 valence electrons. The zero-order valence-corrected chi connectivity index (χ0v) is 21.3. The number of rotatable bonds is 24. The van der Waals surface area contributed by atoms with Crippen molar-refractivity contribution in [1.29, 1.82) is 0 Å². The zero-order valence-electron chi connectivity index (χ0n) is 21.3. The molecule has 3 N–H and O–H groups in total. The van der Waals surface area contributed by atoms with Crippen LogP contribution in [0.5, 0.6) is 0 Å². The highest BCUT2D eigenvalue weighted by atomic mass is 16.4. The third-order valence-electron chi connectivity index (χ3n) is 5.78. The lowest BCUT2D eigenvalue weighted by Crippen LogP contribution is -1.98. The van der Waals surface area contributed by atoms with E-state index in [1.54, 1.807) is 0 Å². The first-order valence-electron chi connectivity index (χ1n) is 13.6. The summed E-state index contributed by atoms with van der Waals surface area (Å²) in [6.07, 6.45) is 26.2. The van der Waals surface area contributed by atoms with Crippen LogP contribution in [0.1, 0.15) is 155 Å². The van der Waals surface area contributed by atoms with Gasteiger partial charge in [-0.1, -0.05) is 122 Å². The molecule has 0 radical (unpaired) electrons. The molecule has 0 amide bonds. The first-order valence-corrected chi connectivity index (χ1v) is 13.6. The molecular formula is C27H52O6. The average molecular weight is 473 g/mol. The molecule has 0 atom stereocenters. The lowest BCUT2D eigenvalue weighted by Gasteiger charge is -2.03. The summed E-state index contributed by atoms with van der Waals surface area (Å²) in [5.74, 6) is -2.55. The van der Waals surface area contributed by atoms with Gasteiger partial charge in [0.25, 0.3) is 0 Å². The van der Waals surface area contributed by atoms with E-state index in [9.17, 15) is 14.4 Å². The van der Waals surface area contributed by atoms with Gasteiger partial charge in [-0.05, 0) is 12.8 Å². The van der Waals surface area contributed by atoms with E-state index in [1.165, 1.54) is 109 Å². The zero-order chi connectivity index (χ0) is 25.0. The summed E-state index contributed by atoms with van der Waals surface area (Å²) < 4.78 is 0. The number of carbonyl (C=O) groups is 3. The number of unbranched alkanes of at least 4 members (excludes halogenated alkanes) is 18. The Hall–Kier alpha value is -1.59. The molecule has 0 fully saturated rings. The molecule has 0 aromatic carbocycles. The molecule has 6 nitrogen and oxygen atoms in total. The summed E-state index contributed by atoms with van der Waals surface area (Å²) in [6.45, 7) is 2.28. The van der Waals surface area contributed by atoms with Crippen LogP contribution in [0.15, 0.2) is 0 Å². The molecule has 0 spiro atoms. The molecular weight excluding hydrogens is 420 g/mol. The van der Waals surface area contributed by atoms with Crippen LogP contribution < -0.4 is 0 Å². The highest BCUT2D eigenvalue weighted by Crippen LogP contribution is 2.14. The van der Waals surface area contributed by atoms with Gasteiger partial charge >= 0.3 is 17.9 Å². The summed E-state index contributed by atoms with van der Waals surface area (Å²) in [5.41, 5.74) is 0. The minimum absolute atomic E-state index is 0.0632. The Morgan fingerprint density at radius 1 is 0.364 bits per heavy atom. The summed E-state index contributed by atoms with van der Waals surface area (Å²) in [7, 11) is 0. The molecule has 6 heteroatoms. The van der Waals surface area contributed by atoms with Crippen LogP contribution in [-0.2, 0) is 14.4 Å². The van der Waals surface area contributed by atoms with E-state index in [0.717, 1.165) is 12.8 Å². The van der Waals surface area contributed by atoms with E-state index in [2.05, 4.69) is 6.92 Å². The fraction of sp³-hybridized carbons (Fsp3) is 0.889. The molecule has 0 saturated carbocycles. The van der Waals surface area contributed by atoms with Crippen LogP contribution in [0, 0.1) is 0 Å². The number of hydrogen-bond donors (Lipinski definition) is 3. The van der Waals surface area contributed by atoms with Gasteiger partial charge in [0, 0.05) is 19.3 Å². The second kappa shape index (κ2) is 28.4. The van der Waals surface area contributed by atoms with Crippen molar-refractivity contribution < 1.29 is 29.7 Å². The van der Waals surface area contributed by atoms with E-state index in [1.807, 2.05) is 0 Å². The molecule has 33 heavy (non-hydrogen) atoms. The minimum atomic E-state index is -0.948. The fourth-order valence-corrected chi connectivity index (χ4v) is 3.75. The van der Waals surface area contributed by atoms with E-state index >= 15 is 0 Å². The van der Waals surface area contributed by atoms with Crippen LogP contribution in [-0.4, -0.2) is 33.2 Å². The maximum atomic E-state index is 10.4. The molecule has 0 aromatic rings. The maximum Gasteiger partial charge on any atom is 0.303 e. The topological polar surface area (TPSA) is 112 Å². The predicted molar refractivity (Wildman–Crippen MR) is 135 cm³/mol. The van der Waals surface area contributed by atoms with Crippen molar-refractivity contribution in [3.8, 4) is 0 Å². The van der Waals surface area contributed by atoms with Gasteiger partial charge in [0.05, 0.1) is 0 Å². The number of aliphatic carboxylic acids is 3. The first-order chi connectivity index (χ1) is 15.9. The number of hydrogen-bond acceptors (Lipinski definition) is 3. The Balaban J connectivity index is 0. The molecule has 0 aliphatic rings. The number of carboxylic acids is 3. The molecule has 0 unspecified atom stereocenters. The van der Waals surface area contributed by atoms with Crippen molar-refractivity contribution in [2.24, 2.45) is 0 Å². The van der Waals surface area contributed by atoms with Crippen LogP contribution in [0.4, 0.5) is 0 Å². The van der Waals surface area contributed by atoms with Crippen LogP contribution in [0.25, 0.3) is 0 Å². The summed E-state index contributed by atoms with van der Waals surface area (Å²) >= 11 is 0. The molecule has 0 aromatic heterocycles. The van der Waals surface area contributed by atoms with Gasteiger partial charge in [0.2, 0.25) is 0 Å². The third-order valence-corrected chi connectivity index (χ3v) is 5.78. The lowest BCUT2D eigenvalue weighted by molar-refractivity contribution is -0.139. The normalized spacial score (nSPS) is 10.5.